The molecular weight excluding hydrogens is 334 g/mol. The van der Waals surface area contributed by atoms with Crippen molar-refractivity contribution < 1.29 is 9.53 Å². The van der Waals surface area contributed by atoms with Crippen LogP contribution in [0.4, 0.5) is 5.69 Å². The number of piperazine rings is 1. The number of thiazole rings is 1. The Labute approximate surface area is 150 Å². The highest BCUT2D eigenvalue weighted by Crippen LogP contribution is 2.29. The minimum absolute atomic E-state index is 0.0286. The third-order valence-electron chi connectivity index (χ3n) is 4.47. The normalized spacial score (nSPS) is 14.8. The summed E-state index contributed by atoms with van der Waals surface area (Å²) in [7, 11) is 1.69. The molecule has 0 unspecified atom stereocenters. The van der Waals surface area contributed by atoms with Gasteiger partial charge in [-0.1, -0.05) is 24.3 Å². The molecule has 5 nitrogen and oxygen atoms in total. The van der Waals surface area contributed by atoms with Gasteiger partial charge in [-0.15, -0.1) is 11.3 Å². The van der Waals surface area contributed by atoms with Crippen molar-refractivity contribution in [1.82, 2.24) is 9.88 Å². The Morgan fingerprint density at radius 3 is 2.52 bits per heavy atom. The molecule has 0 bridgehead atoms. The van der Waals surface area contributed by atoms with Gasteiger partial charge in [0.2, 0.25) is 0 Å². The second kappa shape index (κ2) is 6.72. The summed E-state index contributed by atoms with van der Waals surface area (Å²) in [6.45, 7) is 2.95. The number of amides is 1. The summed E-state index contributed by atoms with van der Waals surface area (Å²) >= 11 is 1.47. The zero-order valence-corrected chi connectivity index (χ0v) is 14.8. The number of anilines is 1. The quantitative estimate of drug-likeness (QED) is 0.725. The summed E-state index contributed by atoms with van der Waals surface area (Å²) in [5, 5.41) is 0.576. The number of aromatic nitrogens is 1. The van der Waals surface area contributed by atoms with E-state index in [4.69, 9.17) is 4.74 Å². The zero-order chi connectivity index (χ0) is 17.2. The van der Waals surface area contributed by atoms with Crippen LogP contribution in [0.2, 0.25) is 0 Å². The second-order valence-electron chi connectivity index (χ2n) is 5.94. The smallest absolute Gasteiger partial charge is 0.282 e. The van der Waals surface area contributed by atoms with E-state index in [2.05, 4.69) is 16.0 Å². The maximum atomic E-state index is 12.8. The van der Waals surface area contributed by atoms with Crippen LogP contribution in [-0.4, -0.2) is 49.1 Å². The molecular formula is C19H19N3O2S. The number of carbonyl (C=O) groups excluding carboxylic acids is 1. The van der Waals surface area contributed by atoms with Crippen molar-refractivity contribution in [2.24, 2.45) is 0 Å². The predicted octanol–water partition coefficient (Wildman–Crippen LogP) is 3.27. The molecule has 0 atom stereocenters. The lowest BCUT2D eigenvalue weighted by atomic mass is 10.2. The fraction of sp³-hybridized carbons (Fsp3) is 0.263. The van der Waals surface area contributed by atoms with Gasteiger partial charge in [0.05, 0.1) is 23.0 Å². The molecule has 0 spiro atoms. The number of methoxy groups -OCH3 is 1. The van der Waals surface area contributed by atoms with Gasteiger partial charge in [-0.2, -0.15) is 0 Å². The molecule has 2 aromatic carbocycles. The fourth-order valence-electron chi connectivity index (χ4n) is 3.14. The molecule has 0 aliphatic carbocycles. The lowest BCUT2D eigenvalue weighted by molar-refractivity contribution is 0.0746. The lowest BCUT2D eigenvalue weighted by Crippen LogP contribution is -2.48. The van der Waals surface area contributed by atoms with Gasteiger partial charge in [-0.3, -0.25) is 4.79 Å². The van der Waals surface area contributed by atoms with Crippen LogP contribution in [0.15, 0.2) is 48.5 Å². The predicted molar refractivity (Wildman–Crippen MR) is 101 cm³/mol. The van der Waals surface area contributed by atoms with Crippen molar-refractivity contribution in [2.45, 2.75) is 0 Å². The maximum Gasteiger partial charge on any atom is 0.282 e. The number of ether oxygens (including phenoxy) is 1. The van der Waals surface area contributed by atoms with Crippen molar-refractivity contribution in [2.75, 3.05) is 38.2 Å². The molecule has 2 heterocycles. The van der Waals surface area contributed by atoms with Crippen LogP contribution in [-0.2, 0) is 0 Å². The van der Waals surface area contributed by atoms with Gasteiger partial charge in [0, 0.05) is 26.2 Å². The summed E-state index contributed by atoms with van der Waals surface area (Å²) in [5.41, 5.74) is 1.97. The molecule has 1 amide bonds. The molecule has 25 heavy (non-hydrogen) atoms. The number of nitrogens with zero attached hydrogens (tertiary/aromatic N) is 3. The maximum absolute atomic E-state index is 12.8. The Morgan fingerprint density at radius 1 is 1.04 bits per heavy atom. The van der Waals surface area contributed by atoms with Gasteiger partial charge < -0.3 is 14.5 Å². The van der Waals surface area contributed by atoms with Gasteiger partial charge >= 0.3 is 0 Å². The first-order valence-electron chi connectivity index (χ1n) is 8.29. The second-order valence-corrected chi connectivity index (χ2v) is 6.97. The van der Waals surface area contributed by atoms with Crippen LogP contribution in [0.25, 0.3) is 10.2 Å². The van der Waals surface area contributed by atoms with Crippen LogP contribution in [0.5, 0.6) is 5.75 Å². The monoisotopic (exact) mass is 353 g/mol. The third kappa shape index (κ3) is 3.05. The van der Waals surface area contributed by atoms with E-state index in [-0.39, 0.29) is 5.91 Å². The van der Waals surface area contributed by atoms with Crippen molar-refractivity contribution >= 4 is 33.1 Å². The molecule has 1 fully saturated rings. The van der Waals surface area contributed by atoms with Crippen LogP contribution < -0.4 is 9.64 Å². The van der Waals surface area contributed by atoms with Crippen molar-refractivity contribution in [1.29, 1.82) is 0 Å². The number of para-hydroxylation sites is 3. The first-order valence-corrected chi connectivity index (χ1v) is 9.11. The first kappa shape index (κ1) is 15.9. The van der Waals surface area contributed by atoms with Crippen LogP contribution >= 0.6 is 11.3 Å². The average molecular weight is 353 g/mol. The zero-order valence-electron chi connectivity index (χ0n) is 14.0. The summed E-state index contributed by atoms with van der Waals surface area (Å²) in [5.74, 6) is 0.898. The highest BCUT2D eigenvalue weighted by Gasteiger charge is 2.25. The number of rotatable bonds is 3. The Hall–Kier alpha value is -2.60. The lowest BCUT2D eigenvalue weighted by Gasteiger charge is -2.36. The van der Waals surface area contributed by atoms with Crippen LogP contribution in [0.3, 0.4) is 0 Å². The number of carbonyl (C=O) groups is 1. The summed E-state index contributed by atoms with van der Waals surface area (Å²) < 4.78 is 6.50. The fourth-order valence-corrected chi connectivity index (χ4v) is 4.07. The van der Waals surface area contributed by atoms with Crippen LogP contribution in [0.1, 0.15) is 9.80 Å². The molecule has 1 aliphatic heterocycles. The topological polar surface area (TPSA) is 45.7 Å². The Bertz CT molecular complexity index is 867. The van der Waals surface area contributed by atoms with Crippen LogP contribution in [0, 0.1) is 0 Å². The van der Waals surface area contributed by atoms with E-state index in [0.29, 0.717) is 18.1 Å². The number of hydrogen-bond acceptors (Lipinski definition) is 5. The first-order chi connectivity index (χ1) is 12.3. The molecule has 0 N–H and O–H groups in total. The van der Waals surface area contributed by atoms with Gasteiger partial charge in [-0.25, -0.2) is 4.98 Å². The summed E-state index contributed by atoms with van der Waals surface area (Å²) in [6.07, 6.45) is 0. The van der Waals surface area contributed by atoms with E-state index in [9.17, 15) is 4.79 Å². The number of hydrogen-bond donors (Lipinski definition) is 0. The Kier molecular flexibility index (Phi) is 4.28. The van der Waals surface area contributed by atoms with Crippen molar-refractivity contribution in [3.63, 3.8) is 0 Å². The highest BCUT2D eigenvalue weighted by molar-refractivity contribution is 7.20. The Morgan fingerprint density at radius 2 is 1.76 bits per heavy atom. The van der Waals surface area contributed by atoms with Gasteiger partial charge in [0.15, 0.2) is 5.01 Å². The third-order valence-corrected chi connectivity index (χ3v) is 5.49. The summed E-state index contributed by atoms with van der Waals surface area (Å²) in [4.78, 5) is 21.4. The Balaban J connectivity index is 1.47. The SMILES string of the molecule is COc1ccccc1N1CCN(C(=O)c2nc3ccccc3s2)CC1. The van der Waals surface area contributed by atoms with E-state index >= 15 is 0 Å². The van der Waals surface area contributed by atoms with E-state index in [1.807, 2.05) is 47.4 Å². The van der Waals surface area contributed by atoms with Gasteiger partial charge in [0.25, 0.3) is 5.91 Å². The molecule has 6 heteroatoms. The van der Waals surface area contributed by atoms with Crippen molar-refractivity contribution in [3.05, 3.63) is 53.5 Å². The molecule has 1 saturated heterocycles. The van der Waals surface area contributed by atoms with E-state index in [0.717, 1.165) is 34.7 Å². The molecule has 1 aliphatic rings. The summed E-state index contributed by atoms with van der Waals surface area (Å²) in [6, 6.07) is 15.9. The highest BCUT2D eigenvalue weighted by atomic mass is 32.1. The minimum atomic E-state index is 0.0286. The molecule has 0 saturated carbocycles. The molecule has 4 rings (SSSR count). The van der Waals surface area contributed by atoms with E-state index < -0.39 is 0 Å². The number of fused-ring (bicyclic) bond motifs is 1. The molecule has 128 valence electrons. The standard InChI is InChI=1S/C19H19N3O2S/c1-24-16-8-4-3-7-15(16)21-10-12-22(13-11-21)19(23)18-20-14-6-2-5-9-17(14)25-18/h2-9H,10-13H2,1H3. The van der Waals surface area contributed by atoms with E-state index in [1.165, 1.54) is 11.3 Å². The molecule has 1 aromatic heterocycles. The molecule has 3 aromatic rings. The van der Waals surface area contributed by atoms with Crippen molar-refractivity contribution in [3.8, 4) is 5.75 Å². The number of benzene rings is 2. The van der Waals surface area contributed by atoms with Gasteiger partial charge in [-0.05, 0) is 24.3 Å². The largest absolute Gasteiger partial charge is 0.495 e. The minimum Gasteiger partial charge on any atom is -0.495 e. The average Bonchev–Trinajstić information content (AvgIpc) is 3.12. The van der Waals surface area contributed by atoms with Gasteiger partial charge in [0.1, 0.15) is 5.75 Å². The molecule has 0 radical (unpaired) electrons. The van der Waals surface area contributed by atoms with E-state index in [1.54, 1.807) is 7.11 Å².